The summed E-state index contributed by atoms with van der Waals surface area (Å²) in [6.07, 6.45) is 1.60. The van der Waals surface area contributed by atoms with E-state index in [0.717, 1.165) is 34.2 Å². The third kappa shape index (κ3) is 8.60. The van der Waals surface area contributed by atoms with Crippen LogP contribution in [0, 0.1) is 13.8 Å². The predicted molar refractivity (Wildman–Crippen MR) is 180 cm³/mol. The molecule has 0 aliphatic heterocycles. The summed E-state index contributed by atoms with van der Waals surface area (Å²) in [5, 5.41) is 2.99. The van der Waals surface area contributed by atoms with Crippen LogP contribution in [0.3, 0.4) is 0 Å². The van der Waals surface area contributed by atoms with Gasteiger partial charge in [0.1, 0.15) is 12.6 Å². The third-order valence-electron chi connectivity index (χ3n) is 7.78. The molecule has 0 heterocycles. The number of nitrogens with zero attached hydrogens (tertiary/aromatic N) is 2. The lowest BCUT2D eigenvalue weighted by Gasteiger charge is -2.34. The maximum absolute atomic E-state index is 14.6. The largest absolute Gasteiger partial charge is 0.354 e. The predicted octanol–water partition coefficient (Wildman–Crippen LogP) is 6.23. The molecule has 0 bridgehead atoms. The van der Waals surface area contributed by atoms with Crippen LogP contribution < -0.4 is 9.62 Å². The van der Waals surface area contributed by atoms with Gasteiger partial charge in [-0.3, -0.25) is 13.9 Å². The highest BCUT2D eigenvalue weighted by Gasteiger charge is 2.35. The normalized spacial score (nSPS) is 11.9. The third-order valence-corrected chi connectivity index (χ3v) is 9.56. The number of para-hydroxylation sites is 1. The molecule has 0 aliphatic carbocycles. The maximum Gasteiger partial charge on any atom is 0.264 e. The summed E-state index contributed by atoms with van der Waals surface area (Å²) in [6, 6.07) is 30.4. The molecule has 1 N–H and O–H groups in total. The molecule has 236 valence electrons. The summed E-state index contributed by atoms with van der Waals surface area (Å²) < 4.78 is 29.8. The molecule has 4 aromatic carbocycles. The van der Waals surface area contributed by atoms with Gasteiger partial charge in [-0.2, -0.15) is 0 Å². The number of hydrogen-bond donors (Lipinski definition) is 1. The first kappa shape index (κ1) is 33.5. The second-order valence-corrected chi connectivity index (χ2v) is 13.2. The van der Waals surface area contributed by atoms with Crippen LogP contribution in [0.4, 0.5) is 5.69 Å². The van der Waals surface area contributed by atoms with Crippen molar-refractivity contribution in [3.8, 4) is 0 Å². The van der Waals surface area contributed by atoms with E-state index >= 15 is 0 Å². The fraction of sp³-hybridized carbons (Fsp3) is 0.297. The van der Waals surface area contributed by atoms with Gasteiger partial charge in [-0.25, -0.2) is 8.42 Å². The van der Waals surface area contributed by atoms with Gasteiger partial charge in [-0.05, 0) is 61.6 Å². The zero-order valence-electron chi connectivity index (χ0n) is 26.6. The van der Waals surface area contributed by atoms with Crippen LogP contribution in [0.1, 0.15) is 48.1 Å². The van der Waals surface area contributed by atoms with Gasteiger partial charge in [0.2, 0.25) is 11.8 Å². The number of carbonyl (C=O) groups is 2. The fourth-order valence-corrected chi connectivity index (χ4v) is 6.78. The Bertz CT molecular complexity index is 1690. The van der Waals surface area contributed by atoms with Gasteiger partial charge >= 0.3 is 0 Å². The average molecular weight is 626 g/mol. The molecule has 8 heteroatoms. The Morgan fingerprint density at radius 2 is 1.44 bits per heavy atom. The van der Waals surface area contributed by atoms with Crippen molar-refractivity contribution in [1.29, 1.82) is 0 Å². The minimum atomic E-state index is -4.15. The van der Waals surface area contributed by atoms with Gasteiger partial charge < -0.3 is 10.2 Å². The molecule has 0 saturated carbocycles. The van der Waals surface area contributed by atoms with Crippen molar-refractivity contribution in [1.82, 2.24) is 10.2 Å². The number of carbonyl (C=O) groups excluding carboxylic acids is 2. The van der Waals surface area contributed by atoms with Crippen molar-refractivity contribution in [2.24, 2.45) is 0 Å². The molecular weight excluding hydrogens is 582 g/mol. The molecule has 0 aliphatic rings. The molecule has 1 atom stereocenters. The van der Waals surface area contributed by atoms with E-state index < -0.39 is 28.5 Å². The molecule has 0 saturated heterocycles. The van der Waals surface area contributed by atoms with Crippen molar-refractivity contribution in [3.05, 3.63) is 131 Å². The van der Waals surface area contributed by atoms with Gasteiger partial charge in [-0.1, -0.05) is 110 Å². The Morgan fingerprint density at radius 1 is 0.778 bits per heavy atom. The number of sulfonamides is 1. The zero-order chi connectivity index (χ0) is 32.4. The second kappa shape index (κ2) is 15.5. The van der Waals surface area contributed by atoms with Crippen LogP contribution in [0.5, 0.6) is 0 Å². The van der Waals surface area contributed by atoms with Crippen LogP contribution >= 0.6 is 0 Å². The molecular formula is C37H43N3O4S. The number of rotatable bonds is 14. The monoisotopic (exact) mass is 625 g/mol. The lowest BCUT2D eigenvalue weighted by Crippen LogP contribution is -2.53. The van der Waals surface area contributed by atoms with Crippen LogP contribution in [0.25, 0.3) is 0 Å². The highest BCUT2D eigenvalue weighted by molar-refractivity contribution is 7.92. The summed E-state index contributed by atoms with van der Waals surface area (Å²) in [7, 11) is -4.15. The number of aryl methyl sites for hydroxylation is 3. The molecule has 1 unspecified atom stereocenters. The van der Waals surface area contributed by atoms with E-state index in [1.807, 2.05) is 94.4 Å². The van der Waals surface area contributed by atoms with Gasteiger partial charge in [0, 0.05) is 19.5 Å². The Morgan fingerprint density at radius 3 is 2.11 bits per heavy atom. The number of amides is 2. The quantitative estimate of drug-likeness (QED) is 0.180. The standard InChI is InChI=1S/C37H43N3O4S/c1-5-23-38-37(42)35(25-30-14-8-7-9-15-30)39(26-31-16-12-13-29(4)24-31)36(41)27-40(34-18-11-10-17-32(34)6-2)45(43,44)33-21-19-28(3)20-22-33/h7-22,24,35H,5-6,23,25-27H2,1-4H3,(H,38,42). The van der Waals surface area contributed by atoms with Gasteiger partial charge in [0.25, 0.3) is 10.0 Å². The fourth-order valence-electron chi connectivity index (χ4n) is 5.33. The molecule has 4 aromatic rings. The topological polar surface area (TPSA) is 86.8 Å². The number of hydrogen-bond acceptors (Lipinski definition) is 4. The number of nitrogens with one attached hydrogen (secondary N) is 1. The van der Waals surface area contributed by atoms with E-state index in [0.29, 0.717) is 18.7 Å². The van der Waals surface area contributed by atoms with Crippen molar-refractivity contribution in [3.63, 3.8) is 0 Å². The number of anilines is 1. The maximum atomic E-state index is 14.6. The van der Waals surface area contributed by atoms with Crippen LogP contribution in [0.15, 0.2) is 108 Å². The van der Waals surface area contributed by atoms with Crippen molar-refractivity contribution >= 4 is 27.5 Å². The number of benzene rings is 4. The molecule has 45 heavy (non-hydrogen) atoms. The van der Waals surface area contributed by atoms with Crippen molar-refractivity contribution in [2.75, 3.05) is 17.4 Å². The molecule has 2 amide bonds. The average Bonchev–Trinajstić information content (AvgIpc) is 3.04. The minimum absolute atomic E-state index is 0.0959. The Balaban J connectivity index is 1.82. The summed E-state index contributed by atoms with van der Waals surface area (Å²) in [5.74, 6) is -0.741. The zero-order valence-corrected chi connectivity index (χ0v) is 27.4. The van der Waals surface area contributed by atoms with E-state index in [2.05, 4.69) is 5.32 Å². The summed E-state index contributed by atoms with van der Waals surface area (Å²) in [4.78, 5) is 30.0. The highest BCUT2D eigenvalue weighted by atomic mass is 32.2. The molecule has 0 spiro atoms. The molecule has 0 aromatic heterocycles. The summed E-state index contributed by atoms with van der Waals surface area (Å²) >= 11 is 0. The molecule has 0 radical (unpaired) electrons. The second-order valence-electron chi connectivity index (χ2n) is 11.3. The first-order valence-electron chi connectivity index (χ1n) is 15.5. The SMILES string of the molecule is CCCNC(=O)C(Cc1ccccc1)N(Cc1cccc(C)c1)C(=O)CN(c1ccccc1CC)S(=O)(=O)c1ccc(C)cc1. The van der Waals surface area contributed by atoms with Crippen molar-refractivity contribution in [2.45, 2.75) is 64.4 Å². The molecule has 7 nitrogen and oxygen atoms in total. The van der Waals surface area contributed by atoms with E-state index in [1.54, 1.807) is 41.3 Å². The smallest absolute Gasteiger partial charge is 0.264 e. The Kier molecular flexibility index (Phi) is 11.5. The van der Waals surface area contributed by atoms with Crippen LogP contribution in [0.2, 0.25) is 0 Å². The summed E-state index contributed by atoms with van der Waals surface area (Å²) in [5.41, 5.74) is 4.95. The van der Waals surface area contributed by atoms with Crippen LogP contribution in [-0.2, 0) is 39.0 Å². The lowest BCUT2D eigenvalue weighted by atomic mass is 10.0. The van der Waals surface area contributed by atoms with Crippen molar-refractivity contribution < 1.29 is 18.0 Å². The first-order valence-corrected chi connectivity index (χ1v) is 16.9. The van der Waals surface area contributed by atoms with E-state index in [-0.39, 0.29) is 23.8 Å². The van der Waals surface area contributed by atoms with E-state index in [4.69, 9.17) is 0 Å². The minimum Gasteiger partial charge on any atom is -0.354 e. The highest BCUT2D eigenvalue weighted by Crippen LogP contribution is 2.29. The molecule has 0 fully saturated rings. The van der Waals surface area contributed by atoms with Gasteiger partial charge in [0.15, 0.2) is 0 Å². The Hall–Kier alpha value is -4.43. The summed E-state index contributed by atoms with van der Waals surface area (Å²) in [6.45, 7) is 7.94. The van der Waals surface area contributed by atoms with Crippen LogP contribution in [-0.4, -0.2) is 44.3 Å². The van der Waals surface area contributed by atoms with E-state index in [9.17, 15) is 18.0 Å². The Labute approximate surface area is 268 Å². The lowest BCUT2D eigenvalue weighted by molar-refractivity contribution is -0.140. The van der Waals surface area contributed by atoms with E-state index in [1.165, 1.54) is 4.31 Å². The van der Waals surface area contributed by atoms with Gasteiger partial charge in [0.05, 0.1) is 10.6 Å². The van der Waals surface area contributed by atoms with Gasteiger partial charge in [-0.15, -0.1) is 0 Å². The first-order chi connectivity index (χ1) is 21.6. The molecule has 4 rings (SSSR count).